The fourth-order valence-corrected chi connectivity index (χ4v) is 1.37. The van der Waals surface area contributed by atoms with Gasteiger partial charge in [-0.25, -0.2) is 4.79 Å². The normalized spacial score (nSPS) is 11.7. The van der Waals surface area contributed by atoms with Gasteiger partial charge in [0.05, 0.1) is 5.41 Å². The molecule has 1 rings (SSSR count). The Kier molecular flexibility index (Phi) is 3.57. The van der Waals surface area contributed by atoms with Crippen LogP contribution in [-0.4, -0.2) is 20.2 Å². The SMILES string of the molecule is CCn1ccn(CCC(C)(C)C(=O)O)c1=O. The Labute approximate surface area is 94.3 Å². The van der Waals surface area contributed by atoms with Crippen LogP contribution in [0.5, 0.6) is 0 Å². The van der Waals surface area contributed by atoms with Crippen molar-refractivity contribution in [2.75, 3.05) is 0 Å². The molecule has 1 aromatic heterocycles. The highest BCUT2D eigenvalue weighted by Gasteiger charge is 2.26. The standard InChI is InChI=1S/C11H18N2O3/c1-4-12-7-8-13(10(12)16)6-5-11(2,3)9(14)15/h7-8H,4-6H2,1-3H3,(H,14,15). The third kappa shape index (κ3) is 2.53. The lowest BCUT2D eigenvalue weighted by Crippen LogP contribution is -2.29. The lowest BCUT2D eigenvalue weighted by atomic mass is 9.90. The highest BCUT2D eigenvalue weighted by molar-refractivity contribution is 5.73. The molecular weight excluding hydrogens is 208 g/mol. The van der Waals surface area contributed by atoms with E-state index >= 15 is 0 Å². The van der Waals surface area contributed by atoms with Crippen molar-refractivity contribution >= 4 is 5.97 Å². The maximum absolute atomic E-state index is 11.7. The first kappa shape index (κ1) is 12.5. The minimum Gasteiger partial charge on any atom is -0.481 e. The van der Waals surface area contributed by atoms with E-state index in [2.05, 4.69) is 0 Å². The van der Waals surface area contributed by atoms with Gasteiger partial charge in [-0.15, -0.1) is 0 Å². The number of hydrogen-bond donors (Lipinski definition) is 1. The van der Waals surface area contributed by atoms with Gasteiger partial charge in [0.15, 0.2) is 0 Å². The summed E-state index contributed by atoms with van der Waals surface area (Å²) in [4.78, 5) is 22.6. The Bertz CT molecular complexity index is 429. The number of carbonyl (C=O) groups is 1. The summed E-state index contributed by atoms with van der Waals surface area (Å²) in [6.45, 7) is 6.29. The minimum absolute atomic E-state index is 0.0799. The van der Waals surface area contributed by atoms with Crippen molar-refractivity contribution in [3.05, 3.63) is 22.9 Å². The molecule has 0 fully saturated rings. The molecule has 0 saturated carbocycles. The van der Waals surface area contributed by atoms with Crippen LogP contribution in [0.25, 0.3) is 0 Å². The maximum Gasteiger partial charge on any atom is 0.328 e. The van der Waals surface area contributed by atoms with Gasteiger partial charge in [-0.1, -0.05) is 0 Å². The van der Waals surface area contributed by atoms with Crippen LogP contribution >= 0.6 is 0 Å². The molecular formula is C11H18N2O3. The van der Waals surface area contributed by atoms with E-state index < -0.39 is 11.4 Å². The molecule has 16 heavy (non-hydrogen) atoms. The molecule has 0 bridgehead atoms. The summed E-state index contributed by atoms with van der Waals surface area (Å²) in [5.74, 6) is -0.838. The van der Waals surface area contributed by atoms with Crippen LogP contribution in [0.4, 0.5) is 0 Å². The first-order valence-corrected chi connectivity index (χ1v) is 5.37. The molecule has 0 radical (unpaired) electrons. The van der Waals surface area contributed by atoms with E-state index in [9.17, 15) is 9.59 Å². The Morgan fingerprint density at radius 3 is 2.38 bits per heavy atom. The third-order valence-corrected chi connectivity index (χ3v) is 2.82. The van der Waals surface area contributed by atoms with Crippen LogP contribution in [0.2, 0.25) is 0 Å². The van der Waals surface area contributed by atoms with Crippen molar-refractivity contribution < 1.29 is 9.90 Å². The summed E-state index contributed by atoms with van der Waals surface area (Å²) < 4.78 is 3.14. The minimum atomic E-state index is -0.838. The van der Waals surface area contributed by atoms with Crippen LogP contribution in [0.1, 0.15) is 27.2 Å². The monoisotopic (exact) mass is 226 g/mol. The van der Waals surface area contributed by atoms with Gasteiger partial charge >= 0.3 is 11.7 Å². The zero-order valence-electron chi connectivity index (χ0n) is 9.93. The summed E-state index contributed by atoms with van der Waals surface area (Å²) in [5.41, 5.74) is -0.878. The fourth-order valence-electron chi connectivity index (χ4n) is 1.37. The number of carboxylic acids is 1. The predicted molar refractivity (Wildman–Crippen MR) is 60.4 cm³/mol. The van der Waals surface area contributed by atoms with E-state index in [1.807, 2.05) is 6.92 Å². The van der Waals surface area contributed by atoms with Crippen LogP contribution in [0, 0.1) is 5.41 Å². The number of aromatic nitrogens is 2. The van der Waals surface area contributed by atoms with Gasteiger partial charge in [0.25, 0.3) is 0 Å². The number of imidazole rings is 1. The van der Waals surface area contributed by atoms with E-state index in [-0.39, 0.29) is 5.69 Å². The topological polar surface area (TPSA) is 64.2 Å². The summed E-state index contributed by atoms with van der Waals surface area (Å²) in [6.07, 6.45) is 3.86. The summed E-state index contributed by atoms with van der Waals surface area (Å²) in [7, 11) is 0. The Morgan fingerprint density at radius 2 is 1.94 bits per heavy atom. The summed E-state index contributed by atoms with van der Waals surface area (Å²) in [5, 5.41) is 8.95. The lowest BCUT2D eigenvalue weighted by molar-refractivity contribution is -0.147. The van der Waals surface area contributed by atoms with Crippen LogP contribution < -0.4 is 5.69 Å². The number of carboxylic acid groups (broad SMARTS) is 1. The first-order chi connectivity index (χ1) is 7.38. The first-order valence-electron chi connectivity index (χ1n) is 5.37. The molecule has 0 spiro atoms. The van der Waals surface area contributed by atoms with Gasteiger partial charge in [-0.3, -0.25) is 13.9 Å². The largest absolute Gasteiger partial charge is 0.481 e. The van der Waals surface area contributed by atoms with Gasteiger partial charge in [0, 0.05) is 25.5 Å². The van der Waals surface area contributed by atoms with E-state index in [1.165, 1.54) is 0 Å². The highest BCUT2D eigenvalue weighted by Crippen LogP contribution is 2.20. The summed E-state index contributed by atoms with van der Waals surface area (Å²) >= 11 is 0. The molecule has 0 aliphatic carbocycles. The van der Waals surface area contributed by atoms with Crippen LogP contribution in [-0.2, 0) is 17.9 Å². The number of aryl methyl sites for hydroxylation is 2. The maximum atomic E-state index is 11.7. The van der Waals surface area contributed by atoms with E-state index in [1.54, 1.807) is 35.4 Å². The van der Waals surface area contributed by atoms with E-state index in [0.29, 0.717) is 19.5 Å². The Balaban J connectivity index is 2.72. The van der Waals surface area contributed by atoms with Gasteiger partial charge < -0.3 is 5.11 Å². The molecule has 0 aliphatic rings. The van der Waals surface area contributed by atoms with Gasteiger partial charge in [-0.2, -0.15) is 0 Å². The molecule has 0 aliphatic heterocycles. The average Bonchev–Trinajstić information content (AvgIpc) is 2.56. The number of nitrogens with zero attached hydrogens (tertiary/aromatic N) is 2. The molecule has 1 aromatic rings. The molecule has 1 heterocycles. The van der Waals surface area contributed by atoms with Crippen LogP contribution in [0.15, 0.2) is 17.2 Å². The molecule has 0 atom stereocenters. The second-order valence-electron chi connectivity index (χ2n) is 4.50. The lowest BCUT2D eigenvalue weighted by Gasteiger charge is -2.18. The van der Waals surface area contributed by atoms with Gasteiger partial charge in [-0.05, 0) is 27.2 Å². The van der Waals surface area contributed by atoms with Crippen molar-refractivity contribution in [3.63, 3.8) is 0 Å². The number of aliphatic carboxylic acids is 1. The zero-order chi connectivity index (χ0) is 12.3. The second-order valence-corrected chi connectivity index (χ2v) is 4.50. The molecule has 5 heteroatoms. The zero-order valence-corrected chi connectivity index (χ0v) is 9.93. The quantitative estimate of drug-likeness (QED) is 0.819. The average molecular weight is 226 g/mol. The van der Waals surface area contributed by atoms with E-state index in [0.717, 1.165) is 0 Å². The smallest absolute Gasteiger partial charge is 0.328 e. The molecule has 90 valence electrons. The van der Waals surface area contributed by atoms with Crippen molar-refractivity contribution in [3.8, 4) is 0 Å². The summed E-state index contributed by atoms with van der Waals surface area (Å²) in [6, 6.07) is 0. The van der Waals surface area contributed by atoms with Crippen LogP contribution in [0.3, 0.4) is 0 Å². The number of hydrogen-bond acceptors (Lipinski definition) is 2. The van der Waals surface area contributed by atoms with Crippen molar-refractivity contribution in [2.45, 2.75) is 40.3 Å². The van der Waals surface area contributed by atoms with Gasteiger partial charge in [0.1, 0.15) is 0 Å². The van der Waals surface area contributed by atoms with Gasteiger partial charge in [0.2, 0.25) is 0 Å². The molecule has 0 unspecified atom stereocenters. The molecule has 0 aromatic carbocycles. The Morgan fingerprint density at radius 1 is 1.38 bits per heavy atom. The third-order valence-electron chi connectivity index (χ3n) is 2.82. The molecule has 0 saturated heterocycles. The Hall–Kier alpha value is -1.52. The van der Waals surface area contributed by atoms with E-state index in [4.69, 9.17) is 5.11 Å². The van der Waals surface area contributed by atoms with Crippen molar-refractivity contribution in [1.82, 2.24) is 9.13 Å². The van der Waals surface area contributed by atoms with Crippen molar-refractivity contribution in [1.29, 1.82) is 0 Å². The number of rotatable bonds is 5. The highest BCUT2D eigenvalue weighted by atomic mass is 16.4. The van der Waals surface area contributed by atoms with Crippen molar-refractivity contribution in [2.24, 2.45) is 5.41 Å². The second kappa shape index (κ2) is 4.55. The fraction of sp³-hybridized carbons (Fsp3) is 0.636. The predicted octanol–water partition coefficient (Wildman–Crippen LogP) is 1.17. The molecule has 5 nitrogen and oxygen atoms in total. The molecule has 1 N–H and O–H groups in total. The molecule has 0 amide bonds.